The van der Waals surface area contributed by atoms with E-state index in [4.69, 9.17) is 5.11 Å². The molecule has 2 N–H and O–H groups in total. The zero-order valence-electron chi connectivity index (χ0n) is 10.4. The van der Waals surface area contributed by atoms with Crippen LogP contribution in [0.25, 0.3) is 0 Å². The number of carboxylic acids is 1. The number of rotatable bonds is 4. The number of anilines is 1. The molecule has 0 aliphatic rings. The molecule has 2 rings (SSSR count). The van der Waals surface area contributed by atoms with Gasteiger partial charge >= 0.3 is 5.97 Å². The molecule has 5 nitrogen and oxygen atoms in total. The average Bonchev–Trinajstić information content (AvgIpc) is 2.46. The maximum atomic E-state index is 10.8. The van der Waals surface area contributed by atoms with Crippen molar-refractivity contribution in [2.24, 2.45) is 5.10 Å². The van der Waals surface area contributed by atoms with E-state index in [9.17, 15) is 4.79 Å². The first-order valence-corrected chi connectivity index (χ1v) is 5.72. The Morgan fingerprint density at radius 1 is 1.26 bits per heavy atom. The number of nitrogens with zero attached hydrogens (tertiary/aromatic N) is 2. The van der Waals surface area contributed by atoms with E-state index in [2.05, 4.69) is 15.5 Å². The van der Waals surface area contributed by atoms with Crippen molar-refractivity contribution in [3.05, 3.63) is 59.9 Å². The first-order valence-electron chi connectivity index (χ1n) is 5.72. The van der Waals surface area contributed by atoms with Gasteiger partial charge in [0.2, 0.25) is 0 Å². The largest absolute Gasteiger partial charge is 0.478 e. The molecule has 0 amide bonds. The number of nitrogens with one attached hydrogen (secondary N) is 1. The second kappa shape index (κ2) is 5.77. The second-order valence-corrected chi connectivity index (χ2v) is 3.91. The molecule has 0 aliphatic carbocycles. The van der Waals surface area contributed by atoms with Crippen LogP contribution in [0.4, 0.5) is 5.69 Å². The first kappa shape index (κ1) is 12.8. The van der Waals surface area contributed by atoms with Gasteiger partial charge in [-0.25, -0.2) is 4.79 Å². The van der Waals surface area contributed by atoms with E-state index in [0.717, 1.165) is 11.4 Å². The van der Waals surface area contributed by atoms with E-state index < -0.39 is 5.97 Å². The molecule has 0 fully saturated rings. The minimum atomic E-state index is -0.964. The minimum Gasteiger partial charge on any atom is -0.478 e. The number of benzene rings is 1. The number of carbonyl (C=O) groups is 1. The van der Waals surface area contributed by atoms with Crippen LogP contribution >= 0.6 is 0 Å². The fourth-order valence-electron chi connectivity index (χ4n) is 1.50. The van der Waals surface area contributed by atoms with Crippen molar-refractivity contribution >= 4 is 17.4 Å². The maximum Gasteiger partial charge on any atom is 0.335 e. The van der Waals surface area contributed by atoms with Gasteiger partial charge in [-0.05, 0) is 37.3 Å². The molecule has 0 radical (unpaired) electrons. The minimum absolute atomic E-state index is 0.218. The van der Waals surface area contributed by atoms with E-state index >= 15 is 0 Å². The highest BCUT2D eigenvalue weighted by Gasteiger charge is 2.03. The maximum absolute atomic E-state index is 10.8. The number of hydrogen-bond donors (Lipinski definition) is 2. The fourth-order valence-corrected chi connectivity index (χ4v) is 1.50. The predicted molar refractivity (Wildman–Crippen MR) is 73.5 cm³/mol. The highest BCUT2D eigenvalue weighted by molar-refractivity contribution is 5.97. The van der Waals surface area contributed by atoms with Crippen LogP contribution in [0.3, 0.4) is 0 Å². The van der Waals surface area contributed by atoms with Crippen LogP contribution in [-0.4, -0.2) is 21.8 Å². The van der Waals surface area contributed by atoms with Gasteiger partial charge in [0.05, 0.1) is 22.7 Å². The number of hydrazone groups is 1. The van der Waals surface area contributed by atoms with Gasteiger partial charge in [0.25, 0.3) is 0 Å². The molecule has 1 heterocycles. The SMILES string of the molecule is CC(=NNc1cccc(C(=O)O)c1)c1ccccn1. The van der Waals surface area contributed by atoms with Gasteiger partial charge in [-0.2, -0.15) is 5.10 Å². The molecule has 0 atom stereocenters. The lowest BCUT2D eigenvalue weighted by atomic mass is 10.2. The predicted octanol–water partition coefficient (Wildman–Crippen LogP) is 2.62. The van der Waals surface area contributed by atoms with Crippen LogP contribution in [0.2, 0.25) is 0 Å². The normalized spacial score (nSPS) is 11.1. The van der Waals surface area contributed by atoms with Crippen LogP contribution in [0.5, 0.6) is 0 Å². The lowest BCUT2D eigenvalue weighted by Gasteiger charge is -2.03. The van der Waals surface area contributed by atoms with Gasteiger partial charge < -0.3 is 5.11 Å². The molecule has 19 heavy (non-hydrogen) atoms. The van der Waals surface area contributed by atoms with Crippen molar-refractivity contribution < 1.29 is 9.90 Å². The van der Waals surface area contributed by atoms with Gasteiger partial charge in [-0.3, -0.25) is 10.4 Å². The average molecular weight is 255 g/mol. The summed E-state index contributed by atoms with van der Waals surface area (Å²) in [6.45, 7) is 1.83. The summed E-state index contributed by atoms with van der Waals surface area (Å²) in [6.07, 6.45) is 1.69. The topological polar surface area (TPSA) is 74.6 Å². The second-order valence-electron chi connectivity index (χ2n) is 3.91. The number of carboxylic acid groups (broad SMARTS) is 1. The quantitative estimate of drug-likeness (QED) is 0.650. The number of aromatic nitrogens is 1. The van der Waals surface area contributed by atoms with Gasteiger partial charge in [0.15, 0.2) is 0 Å². The first-order chi connectivity index (χ1) is 9.16. The number of pyridine rings is 1. The van der Waals surface area contributed by atoms with E-state index in [1.54, 1.807) is 18.3 Å². The van der Waals surface area contributed by atoms with Crippen molar-refractivity contribution in [1.82, 2.24) is 4.98 Å². The third kappa shape index (κ3) is 3.38. The van der Waals surface area contributed by atoms with Crippen molar-refractivity contribution in [3.63, 3.8) is 0 Å². The van der Waals surface area contributed by atoms with Crippen molar-refractivity contribution in [2.45, 2.75) is 6.92 Å². The monoisotopic (exact) mass is 255 g/mol. The molecule has 1 aromatic carbocycles. The van der Waals surface area contributed by atoms with Gasteiger partial charge in [0.1, 0.15) is 0 Å². The summed E-state index contributed by atoms with van der Waals surface area (Å²) in [7, 11) is 0. The number of aromatic carboxylic acids is 1. The van der Waals surface area contributed by atoms with E-state index in [0.29, 0.717) is 5.69 Å². The lowest BCUT2D eigenvalue weighted by Crippen LogP contribution is -2.02. The molecule has 96 valence electrons. The third-order valence-corrected chi connectivity index (χ3v) is 2.50. The lowest BCUT2D eigenvalue weighted by molar-refractivity contribution is 0.0697. The molecule has 0 saturated heterocycles. The Hall–Kier alpha value is -2.69. The molecule has 5 heteroatoms. The molecule has 1 aromatic heterocycles. The summed E-state index contributed by atoms with van der Waals surface area (Å²) >= 11 is 0. The highest BCUT2D eigenvalue weighted by Crippen LogP contribution is 2.11. The Kier molecular flexibility index (Phi) is 3.87. The summed E-state index contributed by atoms with van der Waals surface area (Å²) in [5, 5.41) is 13.1. The Balaban J connectivity index is 2.14. The van der Waals surface area contributed by atoms with Crippen LogP contribution < -0.4 is 5.43 Å². The van der Waals surface area contributed by atoms with Gasteiger partial charge in [-0.1, -0.05) is 12.1 Å². The molecule has 0 aliphatic heterocycles. The molecule has 0 spiro atoms. The zero-order valence-corrected chi connectivity index (χ0v) is 10.4. The van der Waals surface area contributed by atoms with Gasteiger partial charge in [-0.15, -0.1) is 0 Å². The molecular formula is C14H13N3O2. The molecule has 0 bridgehead atoms. The van der Waals surface area contributed by atoms with Crippen LogP contribution in [0.15, 0.2) is 53.8 Å². The van der Waals surface area contributed by atoms with E-state index in [1.165, 1.54) is 12.1 Å². The zero-order chi connectivity index (χ0) is 13.7. The van der Waals surface area contributed by atoms with Crippen LogP contribution in [0, 0.1) is 0 Å². The van der Waals surface area contributed by atoms with E-state index in [1.807, 2.05) is 25.1 Å². The molecule has 2 aromatic rings. The Bertz CT molecular complexity index is 609. The molecule has 0 unspecified atom stereocenters. The van der Waals surface area contributed by atoms with E-state index in [-0.39, 0.29) is 5.56 Å². The highest BCUT2D eigenvalue weighted by atomic mass is 16.4. The summed E-state index contributed by atoms with van der Waals surface area (Å²) < 4.78 is 0. The Morgan fingerprint density at radius 2 is 2.11 bits per heavy atom. The number of hydrogen-bond acceptors (Lipinski definition) is 4. The summed E-state index contributed by atoms with van der Waals surface area (Å²) in [5.74, 6) is -0.964. The summed E-state index contributed by atoms with van der Waals surface area (Å²) in [6, 6.07) is 12.0. The molecular weight excluding hydrogens is 242 g/mol. The van der Waals surface area contributed by atoms with Gasteiger partial charge in [0, 0.05) is 6.20 Å². The van der Waals surface area contributed by atoms with Crippen molar-refractivity contribution in [3.8, 4) is 0 Å². The van der Waals surface area contributed by atoms with Crippen molar-refractivity contribution in [1.29, 1.82) is 0 Å². The Labute approximate surface area is 110 Å². The standard InChI is InChI=1S/C14H13N3O2/c1-10(13-7-2-3-8-15-13)16-17-12-6-4-5-11(9-12)14(18)19/h2-9,17H,1H3,(H,18,19). The third-order valence-electron chi connectivity index (χ3n) is 2.50. The fraction of sp³-hybridized carbons (Fsp3) is 0.0714. The van der Waals surface area contributed by atoms with Crippen LogP contribution in [0.1, 0.15) is 23.0 Å². The van der Waals surface area contributed by atoms with Crippen LogP contribution in [-0.2, 0) is 0 Å². The smallest absolute Gasteiger partial charge is 0.335 e. The molecule has 0 saturated carbocycles. The van der Waals surface area contributed by atoms with Crippen molar-refractivity contribution in [2.75, 3.05) is 5.43 Å². The summed E-state index contributed by atoms with van der Waals surface area (Å²) in [4.78, 5) is 15.0. The Morgan fingerprint density at radius 3 is 2.79 bits per heavy atom. The summed E-state index contributed by atoms with van der Waals surface area (Å²) in [5.41, 5.74) is 5.15.